The third-order valence-electron chi connectivity index (χ3n) is 4.57. The number of amides is 1. The molecule has 0 spiro atoms. The summed E-state index contributed by atoms with van der Waals surface area (Å²) in [5.41, 5.74) is 3.21. The first kappa shape index (κ1) is 21.2. The van der Waals surface area contributed by atoms with Crippen molar-refractivity contribution in [3.8, 4) is 11.5 Å². The summed E-state index contributed by atoms with van der Waals surface area (Å²) in [6.45, 7) is 2.84. The number of benzene rings is 3. The average molecular weight is 405 g/mol. The van der Waals surface area contributed by atoms with E-state index in [2.05, 4.69) is 10.1 Å². The van der Waals surface area contributed by atoms with Gasteiger partial charge in [0, 0.05) is 6.04 Å². The Bertz CT molecular complexity index is 928. The fourth-order valence-electron chi connectivity index (χ4n) is 3.05. The maximum atomic E-state index is 11.4. The first-order valence-corrected chi connectivity index (χ1v) is 9.95. The number of rotatable bonds is 9. The average Bonchev–Trinajstić information content (AvgIpc) is 2.78. The number of ether oxygens (including phenoxy) is 3. The van der Waals surface area contributed by atoms with Crippen LogP contribution in [0.5, 0.6) is 11.5 Å². The van der Waals surface area contributed by atoms with Gasteiger partial charge in [-0.2, -0.15) is 0 Å². The number of hydrogen-bond acceptors (Lipinski definition) is 4. The molecule has 0 aliphatic heterocycles. The van der Waals surface area contributed by atoms with Gasteiger partial charge in [-0.15, -0.1) is 0 Å². The molecule has 0 saturated heterocycles. The van der Waals surface area contributed by atoms with E-state index in [9.17, 15) is 4.79 Å². The van der Waals surface area contributed by atoms with Crippen molar-refractivity contribution in [3.63, 3.8) is 0 Å². The van der Waals surface area contributed by atoms with Gasteiger partial charge in [-0.1, -0.05) is 66.7 Å². The van der Waals surface area contributed by atoms with Crippen molar-refractivity contribution in [1.29, 1.82) is 0 Å². The van der Waals surface area contributed by atoms with Crippen LogP contribution in [0.1, 0.15) is 23.6 Å². The zero-order valence-corrected chi connectivity index (χ0v) is 17.3. The van der Waals surface area contributed by atoms with E-state index in [-0.39, 0.29) is 6.04 Å². The second kappa shape index (κ2) is 10.9. The molecule has 3 aromatic rings. The quantitative estimate of drug-likeness (QED) is 0.536. The van der Waals surface area contributed by atoms with Gasteiger partial charge in [-0.05, 0) is 42.2 Å². The number of alkyl carbamates (subject to hydrolysis) is 1. The number of methoxy groups -OCH3 is 1. The Morgan fingerprint density at radius 1 is 0.800 bits per heavy atom. The molecule has 156 valence electrons. The lowest BCUT2D eigenvalue weighted by Crippen LogP contribution is -2.33. The van der Waals surface area contributed by atoms with Crippen LogP contribution in [0.15, 0.2) is 78.9 Å². The van der Waals surface area contributed by atoms with Gasteiger partial charge in [0.05, 0.1) is 7.11 Å². The van der Waals surface area contributed by atoms with Gasteiger partial charge in [0.15, 0.2) is 11.5 Å². The molecule has 0 bridgehead atoms. The third-order valence-corrected chi connectivity index (χ3v) is 4.57. The molecule has 1 atom stereocenters. The van der Waals surface area contributed by atoms with Crippen molar-refractivity contribution in [3.05, 3.63) is 95.6 Å². The van der Waals surface area contributed by atoms with E-state index in [4.69, 9.17) is 9.47 Å². The van der Waals surface area contributed by atoms with Gasteiger partial charge in [0.1, 0.15) is 13.2 Å². The Morgan fingerprint density at radius 3 is 1.93 bits per heavy atom. The summed E-state index contributed by atoms with van der Waals surface area (Å²) < 4.78 is 16.8. The van der Waals surface area contributed by atoms with E-state index >= 15 is 0 Å². The number of hydrogen-bond donors (Lipinski definition) is 1. The molecule has 1 unspecified atom stereocenters. The maximum Gasteiger partial charge on any atom is 0.407 e. The van der Waals surface area contributed by atoms with Crippen LogP contribution in [-0.4, -0.2) is 19.2 Å². The van der Waals surface area contributed by atoms with Crippen LogP contribution in [0.4, 0.5) is 4.79 Å². The predicted octanol–water partition coefficient (Wildman–Crippen LogP) is 5.13. The molecule has 0 aromatic heterocycles. The standard InChI is InChI=1S/C25H27NO4/c1-19(26-25(27)28-2)15-22-13-14-23(29-17-20-9-5-3-6-10-20)24(16-22)30-18-21-11-7-4-8-12-21/h3-14,16,19H,15,17-18H2,1-2H3,(H,26,27). The highest BCUT2D eigenvalue weighted by molar-refractivity contribution is 5.67. The summed E-state index contributed by atoms with van der Waals surface area (Å²) in [4.78, 5) is 11.4. The Balaban J connectivity index is 1.73. The second-order valence-electron chi connectivity index (χ2n) is 7.07. The van der Waals surface area contributed by atoms with Gasteiger partial charge in [-0.25, -0.2) is 4.79 Å². The van der Waals surface area contributed by atoms with E-state index < -0.39 is 6.09 Å². The molecule has 3 rings (SSSR count). The van der Waals surface area contributed by atoms with Crippen molar-refractivity contribution in [2.24, 2.45) is 0 Å². The molecule has 0 heterocycles. The molecule has 5 nitrogen and oxygen atoms in total. The van der Waals surface area contributed by atoms with Crippen molar-refractivity contribution >= 4 is 6.09 Å². The van der Waals surface area contributed by atoms with Crippen molar-refractivity contribution < 1.29 is 19.0 Å². The summed E-state index contributed by atoms with van der Waals surface area (Å²) >= 11 is 0. The second-order valence-corrected chi connectivity index (χ2v) is 7.07. The Hall–Kier alpha value is -3.47. The van der Waals surface area contributed by atoms with Crippen LogP contribution in [0.2, 0.25) is 0 Å². The van der Waals surface area contributed by atoms with Crippen molar-refractivity contribution in [2.75, 3.05) is 7.11 Å². The molecule has 3 aromatic carbocycles. The fraction of sp³-hybridized carbons (Fsp3) is 0.240. The van der Waals surface area contributed by atoms with Gasteiger partial charge >= 0.3 is 6.09 Å². The van der Waals surface area contributed by atoms with Crippen molar-refractivity contribution in [1.82, 2.24) is 5.32 Å². The first-order chi connectivity index (χ1) is 14.6. The molecule has 1 amide bonds. The molecule has 0 saturated carbocycles. The van der Waals surface area contributed by atoms with E-state index in [1.165, 1.54) is 7.11 Å². The first-order valence-electron chi connectivity index (χ1n) is 9.95. The summed E-state index contributed by atoms with van der Waals surface area (Å²) in [7, 11) is 1.36. The van der Waals surface area contributed by atoms with Crippen LogP contribution >= 0.6 is 0 Å². The Labute approximate surface area is 177 Å². The normalized spacial score (nSPS) is 11.4. The van der Waals surface area contributed by atoms with Gasteiger partial charge in [0.25, 0.3) is 0 Å². The fourth-order valence-corrected chi connectivity index (χ4v) is 3.05. The Kier molecular flexibility index (Phi) is 7.72. The zero-order chi connectivity index (χ0) is 21.2. The lowest BCUT2D eigenvalue weighted by atomic mass is 10.1. The minimum atomic E-state index is -0.439. The minimum absolute atomic E-state index is 0.0736. The van der Waals surface area contributed by atoms with E-state index in [1.807, 2.05) is 85.8 Å². The molecular formula is C25H27NO4. The van der Waals surface area contributed by atoms with E-state index in [1.54, 1.807) is 0 Å². The van der Waals surface area contributed by atoms with Gasteiger partial charge in [0.2, 0.25) is 0 Å². The molecule has 0 aliphatic carbocycles. The molecule has 0 radical (unpaired) electrons. The number of nitrogens with one attached hydrogen (secondary N) is 1. The van der Waals surface area contributed by atoms with E-state index in [0.717, 1.165) is 16.7 Å². The highest BCUT2D eigenvalue weighted by Gasteiger charge is 2.12. The summed E-state index contributed by atoms with van der Waals surface area (Å²) in [6.07, 6.45) is 0.210. The lowest BCUT2D eigenvalue weighted by molar-refractivity contribution is 0.167. The molecule has 5 heteroatoms. The molecule has 0 fully saturated rings. The van der Waals surface area contributed by atoms with Crippen molar-refractivity contribution in [2.45, 2.75) is 32.6 Å². The van der Waals surface area contributed by atoms with Crippen LogP contribution in [0, 0.1) is 0 Å². The maximum absolute atomic E-state index is 11.4. The SMILES string of the molecule is COC(=O)NC(C)Cc1ccc(OCc2ccccc2)c(OCc2ccccc2)c1. The number of carbonyl (C=O) groups excluding carboxylic acids is 1. The highest BCUT2D eigenvalue weighted by atomic mass is 16.5. The summed E-state index contributed by atoms with van der Waals surface area (Å²) in [5, 5.41) is 2.78. The van der Waals surface area contributed by atoms with Gasteiger partial charge in [-0.3, -0.25) is 0 Å². The smallest absolute Gasteiger partial charge is 0.407 e. The number of carbonyl (C=O) groups is 1. The monoisotopic (exact) mass is 405 g/mol. The molecule has 30 heavy (non-hydrogen) atoms. The van der Waals surface area contributed by atoms with Crippen LogP contribution in [-0.2, 0) is 24.4 Å². The molecule has 1 N–H and O–H groups in total. The Morgan fingerprint density at radius 2 is 1.37 bits per heavy atom. The largest absolute Gasteiger partial charge is 0.485 e. The lowest BCUT2D eigenvalue weighted by Gasteiger charge is -2.17. The summed E-state index contributed by atoms with van der Waals surface area (Å²) in [6, 6.07) is 25.8. The third kappa shape index (κ3) is 6.55. The molecule has 0 aliphatic rings. The minimum Gasteiger partial charge on any atom is -0.485 e. The van der Waals surface area contributed by atoms with Crippen LogP contribution in [0.3, 0.4) is 0 Å². The summed E-state index contributed by atoms with van der Waals surface area (Å²) in [5.74, 6) is 1.37. The van der Waals surface area contributed by atoms with E-state index in [0.29, 0.717) is 31.1 Å². The zero-order valence-electron chi connectivity index (χ0n) is 17.3. The highest BCUT2D eigenvalue weighted by Crippen LogP contribution is 2.30. The van der Waals surface area contributed by atoms with Gasteiger partial charge < -0.3 is 19.5 Å². The molecular weight excluding hydrogens is 378 g/mol. The predicted molar refractivity (Wildman–Crippen MR) is 117 cm³/mol. The van der Waals surface area contributed by atoms with Crippen LogP contribution < -0.4 is 14.8 Å². The van der Waals surface area contributed by atoms with Crippen LogP contribution in [0.25, 0.3) is 0 Å². The topological polar surface area (TPSA) is 56.8 Å².